The Morgan fingerprint density at radius 3 is 2.80 bits per heavy atom. The first-order chi connectivity index (χ1) is 9.66. The monoisotopic (exact) mass is 275 g/mol. The zero-order chi connectivity index (χ0) is 14.1. The van der Waals surface area contributed by atoms with Crippen LogP contribution in [-0.2, 0) is 9.53 Å². The quantitative estimate of drug-likeness (QED) is 0.881. The second-order valence-electron chi connectivity index (χ2n) is 5.48. The highest BCUT2D eigenvalue weighted by atomic mass is 16.5. The topological polar surface area (TPSA) is 58.8 Å². The largest absolute Gasteiger partial charge is 0.379 e. The SMILES string of the molecule is Cc1ccc2c(c1)C(N)C(=O)N2CCN1CCOCC1. The van der Waals surface area contributed by atoms with Crippen molar-refractivity contribution in [3.05, 3.63) is 29.3 Å². The summed E-state index contributed by atoms with van der Waals surface area (Å²) in [4.78, 5) is 16.5. The van der Waals surface area contributed by atoms with E-state index in [4.69, 9.17) is 10.5 Å². The zero-order valence-electron chi connectivity index (χ0n) is 11.8. The van der Waals surface area contributed by atoms with Gasteiger partial charge in [0.1, 0.15) is 6.04 Å². The van der Waals surface area contributed by atoms with Crippen molar-refractivity contribution < 1.29 is 9.53 Å². The Labute approximate surface area is 119 Å². The normalized spacial score (nSPS) is 23.2. The first-order valence-corrected chi connectivity index (χ1v) is 7.14. The molecule has 1 atom stereocenters. The molecule has 3 rings (SSSR count). The second kappa shape index (κ2) is 5.52. The van der Waals surface area contributed by atoms with Gasteiger partial charge in [-0.1, -0.05) is 17.7 Å². The van der Waals surface area contributed by atoms with Crippen LogP contribution in [0, 0.1) is 6.92 Å². The van der Waals surface area contributed by atoms with Crippen molar-refractivity contribution in [3.8, 4) is 0 Å². The molecule has 2 aliphatic heterocycles. The number of carbonyl (C=O) groups is 1. The third kappa shape index (κ3) is 2.44. The van der Waals surface area contributed by atoms with Gasteiger partial charge in [-0.15, -0.1) is 0 Å². The number of ether oxygens (including phenoxy) is 1. The third-order valence-corrected chi connectivity index (χ3v) is 4.08. The fourth-order valence-electron chi connectivity index (χ4n) is 2.89. The maximum Gasteiger partial charge on any atom is 0.248 e. The van der Waals surface area contributed by atoms with Crippen molar-refractivity contribution in [1.82, 2.24) is 4.90 Å². The van der Waals surface area contributed by atoms with E-state index in [0.29, 0.717) is 6.54 Å². The molecule has 2 aliphatic rings. The number of anilines is 1. The highest BCUT2D eigenvalue weighted by molar-refractivity contribution is 6.04. The summed E-state index contributed by atoms with van der Waals surface area (Å²) in [5.41, 5.74) is 9.10. The minimum absolute atomic E-state index is 0.0128. The summed E-state index contributed by atoms with van der Waals surface area (Å²) in [6.07, 6.45) is 0. The molecule has 108 valence electrons. The molecule has 0 radical (unpaired) electrons. The Morgan fingerprint density at radius 2 is 2.05 bits per heavy atom. The number of amides is 1. The van der Waals surface area contributed by atoms with Gasteiger partial charge in [0.05, 0.1) is 13.2 Å². The first kappa shape index (κ1) is 13.5. The summed E-state index contributed by atoms with van der Waals surface area (Å²) >= 11 is 0. The molecule has 1 unspecified atom stereocenters. The number of rotatable bonds is 3. The van der Waals surface area contributed by atoms with Gasteiger partial charge in [0, 0.05) is 37.4 Å². The molecule has 2 heterocycles. The van der Waals surface area contributed by atoms with Gasteiger partial charge in [0.25, 0.3) is 0 Å². The average Bonchev–Trinajstić information content (AvgIpc) is 2.70. The Kier molecular flexibility index (Phi) is 3.74. The van der Waals surface area contributed by atoms with Crippen molar-refractivity contribution in [2.45, 2.75) is 13.0 Å². The number of aryl methyl sites for hydroxylation is 1. The molecule has 0 aromatic heterocycles. The molecule has 2 N–H and O–H groups in total. The number of benzene rings is 1. The smallest absolute Gasteiger partial charge is 0.248 e. The van der Waals surface area contributed by atoms with Crippen LogP contribution in [0.1, 0.15) is 17.2 Å². The van der Waals surface area contributed by atoms with Crippen LogP contribution in [-0.4, -0.2) is 50.2 Å². The Balaban J connectivity index is 1.72. The van der Waals surface area contributed by atoms with E-state index in [0.717, 1.165) is 49.7 Å². The Morgan fingerprint density at radius 1 is 1.30 bits per heavy atom. The molecule has 1 fully saturated rings. The van der Waals surface area contributed by atoms with E-state index in [2.05, 4.69) is 4.90 Å². The van der Waals surface area contributed by atoms with Gasteiger partial charge in [-0.3, -0.25) is 9.69 Å². The lowest BCUT2D eigenvalue weighted by molar-refractivity contribution is -0.119. The van der Waals surface area contributed by atoms with Crippen molar-refractivity contribution in [2.75, 3.05) is 44.3 Å². The number of carbonyl (C=O) groups excluding carboxylic acids is 1. The fraction of sp³-hybridized carbons (Fsp3) is 0.533. The first-order valence-electron chi connectivity index (χ1n) is 7.14. The highest BCUT2D eigenvalue weighted by Crippen LogP contribution is 2.34. The van der Waals surface area contributed by atoms with E-state index in [1.807, 2.05) is 30.0 Å². The maximum absolute atomic E-state index is 12.3. The van der Waals surface area contributed by atoms with Gasteiger partial charge < -0.3 is 15.4 Å². The molecule has 1 amide bonds. The fourth-order valence-corrected chi connectivity index (χ4v) is 2.89. The molecule has 0 aliphatic carbocycles. The van der Waals surface area contributed by atoms with Gasteiger partial charge in [-0.25, -0.2) is 0 Å². The standard InChI is InChI=1S/C15H21N3O2/c1-11-2-3-13-12(10-11)14(16)15(19)18(13)5-4-17-6-8-20-9-7-17/h2-3,10,14H,4-9,16H2,1H3. The lowest BCUT2D eigenvalue weighted by Crippen LogP contribution is -2.43. The Bertz CT molecular complexity index is 512. The summed E-state index contributed by atoms with van der Waals surface area (Å²) in [5.74, 6) is 0.0128. The van der Waals surface area contributed by atoms with Crippen LogP contribution in [0.4, 0.5) is 5.69 Å². The summed E-state index contributed by atoms with van der Waals surface area (Å²) in [6.45, 7) is 7.03. The molecule has 20 heavy (non-hydrogen) atoms. The van der Waals surface area contributed by atoms with Crippen LogP contribution in [0.15, 0.2) is 18.2 Å². The molecule has 1 saturated heterocycles. The number of fused-ring (bicyclic) bond motifs is 1. The summed E-state index contributed by atoms with van der Waals surface area (Å²) < 4.78 is 5.34. The third-order valence-electron chi connectivity index (χ3n) is 4.08. The van der Waals surface area contributed by atoms with Gasteiger partial charge in [0.15, 0.2) is 0 Å². The lowest BCUT2D eigenvalue weighted by atomic mass is 10.1. The molecule has 0 spiro atoms. The number of hydrogen-bond acceptors (Lipinski definition) is 4. The van der Waals surface area contributed by atoms with Crippen LogP contribution >= 0.6 is 0 Å². The van der Waals surface area contributed by atoms with Crippen LogP contribution in [0.5, 0.6) is 0 Å². The molecule has 1 aromatic carbocycles. The molecule has 5 heteroatoms. The number of hydrogen-bond donors (Lipinski definition) is 1. The predicted molar refractivity (Wildman–Crippen MR) is 77.7 cm³/mol. The maximum atomic E-state index is 12.3. The van der Waals surface area contributed by atoms with Gasteiger partial charge >= 0.3 is 0 Å². The minimum Gasteiger partial charge on any atom is -0.379 e. The number of nitrogens with two attached hydrogens (primary N) is 1. The van der Waals surface area contributed by atoms with E-state index in [1.54, 1.807) is 0 Å². The van der Waals surface area contributed by atoms with Crippen LogP contribution in [0.3, 0.4) is 0 Å². The zero-order valence-corrected chi connectivity index (χ0v) is 11.8. The van der Waals surface area contributed by atoms with Gasteiger partial charge in [-0.2, -0.15) is 0 Å². The van der Waals surface area contributed by atoms with Crippen LogP contribution < -0.4 is 10.6 Å². The van der Waals surface area contributed by atoms with Crippen molar-refractivity contribution >= 4 is 11.6 Å². The summed E-state index contributed by atoms with van der Waals surface area (Å²) in [7, 11) is 0. The van der Waals surface area contributed by atoms with E-state index in [-0.39, 0.29) is 5.91 Å². The average molecular weight is 275 g/mol. The van der Waals surface area contributed by atoms with Gasteiger partial charge in [-0.05, 0) is 13.0 Å². The van der Waals surface area contributed by atoms with Crippen LogP contribution in [0.2, 0.25) is 0 Å². The summed E-state index contributed by atoms with van der Waals surface area (Å²) in [6, 6.07) is 5.56. The predicted octanol–water partition coefficient (Wildman–Crippen LogP) is 0.674. The highest BCUT2D eigenvalue weighted by Gasteiger charge is 2.34. The van der Waals surface area contributed by atoms with Crippen molar-refractivity contribution in [3.63, 3.8) is 0 Å². The van der Waals surface area contributed by atoms with E-state index in [9.17, 15) is 4.79 Å². The van der Waals surface area contributed by atoms with E-state index in [1.165, 1.54) is 0 Å². The molecule has 0 bridgehead atoms. The molecular weight excluding hydrogens is 254 g/mol. The number of nitrogens with zero attached hydrogens (tertiary/aromatic N) is 2. The van der Waals surface area contributed by atoms with Crippen LogP contribution in [0.25, 0.3) is 0 Å². The Hall–Kier alpha value is -1.43. The van der Waals surface area contributed by atoms with Crippen molar-refractivity contribution in [2.24, 2.45) is 5.73 Å². The molecule has 1 aromatic rings. The second-order valence-corrected chi connectivity index (χ2v) is 5.48. The van der Waals surface area contributed by atoms with E-state index >= 15 is 0 Å². The minimum atomic E-state index is -0.505. The lowest BCUT2D eigenvalue weighted by Gasteiger charge is -2.28. The molecule has 5 nitrogen and oxygen atoms in total. The molecule has 0 saturated carbocycles. The summed E-state index contributed by atoms with van der Waals surface area (Å²) in [5, 5.41) is 0. The van der Waals surface area contributed by atoms with E-state index < -0.39 is 6.04 Å². The van der Waals surface area contributed by atoms with Crippen molar-refractivity contribution in [1.29, 1.82) is 0 Å². The van der Waals surface area contributed by atoms with Gasteiger partial charge in [0.2, 0.25) is 5.91 Å². The molecular formula is C15H21N3O2. The number of morpholine rings is 1.